The van der Waals surface area contributed by atoms with Gasteiger partial charge in [0, 0.05) is 48.2 Å². The van der Waals surface area contributed by atoms with Crippen molar-refractivity contribution in [1.29, 1.82) is 0 Å². The fourth-order valence-corrected chi connectivity index (χ4v) is 11.3. The van der Waals surface area contributed by atoms with E-state index >= 15 is 0 Å². The molecule has 1 nitrogen and oxygen atoms in total. The molecular weight excluding hydrogens is 731 g/mol. The fourth-order valence-electron chi connectivity index (χ4n) is 10.0. The van der Waals surface area contributed by atoms with Crippen LogP contribution in [0.1, 0.15) is 25.0 Å². The van der Waals surface area contributed by atoms with Gasteiger partial charge in [0.2, 0.25) is 0 Å². The van der Waals surface area contributed by atoms with Crippen molar-refractivity contribution >= 4 is 80.9 Å². The van der Waals surface area contributed by atoms with Crippen molar-refractivity contribution < 1.29 is 0 Å². The van der Waals surface area contributed by atoms with Gasteiger partial charge in [0.25, 0.3) is 0 Å². The van der Waals surface area contributed by atoms with Gasteiger partial charge in [-0.25, -0.2) is 0 Å². The lowest BCUT2D eigenvalue weighted by atomic mass is 9.82. The van der Waals surface area contributed by atoms with Crippen molar-refractivity contribution in [2.45, 2.75) is 19.3 Å². The third-order valence-electron chi connectivity index (χ3n) is 12.9. The Balaban J connectivity index is 1.06. The summed E-state index contributed by atoms with van der Waals surface area (Å²) in [5, 5.41) is 10.3. The van der Waals surface area contributed by atoms with Gasteiger partial charge in [-0.3, -0.25) is 0 Å². The van der Waals surface area contributed by atoms with Crippen LogP contribution in [0.2, 0.25) is 0 Å². The fraction of sp³-hybridized carbons (Fsp3) is 0.0526. The topological polar surface area (TPSA) is 3.24 Å². The van der Waals surface area contributed by atoms with Crippen molar-refractivity contribution in [3.05, 3.63) is 211 Å². The molecule has 0 amide bonds. The summed E-state index contributed by atoms with van der Waals surface area (Å²) in [7, 11) is 0. The second-order valence-corrected chi connectivity index (χ2v) is 17.5. The number of fused-ring (bicyclic) bond motifs is 12. The van der Waals surface area contributed by atoms with Crippen molar-refractivity contribution in [2.24, 2.45) is 0 Å². The highest BCUT2D eigenvalue weighted by molar-refractivity contribution is 7.26. The van der Waals surface area contributed by atoms with Gasteiger partial charge in [0.05, 0.1) is 0 Å². The summed E-state index contributed by atoms with van der Waals surface area (Å²) in [4.78, 5) is 2.46. The number of hydrogen-bond acceptors (Lipinski definition) is 2. The zero-order valence-electron chi connectivity index (χ0n) is 32.9. The minimum atomic E-state index is -0.116. The molecule has 1 aliphatic rings. The van der Waals surface area contributed by atoms with E-state index < -0.39 is 0 Å². The predicted octanol–water partition coefficient (Wildman–Crippen LogP) is 16.6. The van der Waals surface area contributed by atoms with Gasteiger partial charge in [-0.1, -0.05) is 172 Å². The van der Waals surface area contributed by atoms with Crippen LogP contribution in [0.5, 0.6) is 0 Å². The molecule has 0 atom stereocenters. The molecule has 2 heteroatoms. The maximum absolute atomic E-state index is 2.46. The number of rotatable bonds is 5. The van der Waals surface area contributed by atoms with Gasteiger partial charge in [0.1, 0.15) is 0 Å². The molecule has 0 spiro atoms. The van der Waals surface area contributed by atoms with Gasteiger partial charge in [-0.15, -0.1) is 11.3 Å². The average molecular weight is 770 g/mol. The van der Waals surface area contributed by atoms with Crippen LogP contribution in [0, 0.1) is 0 Å². The van der Waals surface area contributed by atoms with Gasteiger partial charge in [0.15, 0.2) is 0 Å². The molecule has 278 valence electrons. The van der Waals surface area contributed by atoms with Crippen molar-refractivity contribution in [1.82, 2.24) is 0 Å². The maximum Gasteiger partial charge on any atom is 0.0468 e. The largest absolute Gasteiger partial charge is 0.310 e. The van der Waals surface area contributed by atoms with Crippen LogP contribution in [-0.2, 0) is 5.41 Å². The molecule has 1 aromatic heterocycles. The summed E-state index contributed by atoms with van der Waals surface area (Å²) >= 11 is 1.89. The first-order valence-electron chi connectivity index (χ1n) is 20.5. The Hall–Kier alpha value is -7.00. The van der Waals surface area contributed by atoms with E-state index in [2.05, 4.69) is 219 Å². The van der Waals surface area contributed by atoms with E-state index in [9.17, 15) is 0 Å². The first-order valence-corrected chi connectivity index (χ1v) is 21.3. The van der Waals surface area contributed by atoms with E-state index in [1.54, 1.807) is 0 Å². The third kappa shape index (κ3) is 5.16. The van der Waals surface area contributed by atoms with Gasteiger partial charge < -0.3 is 4.90 Å². The standard InChI is InChI=1S/C57H39NS/c1-57(2)52-22-12-10-20-47(52)48-31-29-40(35-53(48)57)58(39-28-30-46-44-18-7-6-16-42(44)43-17-8-9-19-45(43)51(46)34-39)38-26-24-36(25-27-38)41-32-33-50-49-21-11-13-23-54(49)59-56(50)55(41)37-14-4-3-5-15-37/h3-35H,1-2H3. The molecule has 0 aliphatic heterocycles. The molecule has 0 saturated heterocycles. The Morgan fingerprint density at radius 1 is 0.356 bits per heavy atom. The van der Waals surface area contributed by atoms with Crippen LogP contribution in [0.4, 0.5) is 17.1 Å². The summed E-state index contributed by atoms with van der Waals surface area (Å²) < 4.78 is 2.65. The Labute approximate surface area is 348 Å². The quantitative estimate of drug-likeness (QED) is 0.158. The lowest BCUT2D eigenvalue weighted by Gasteiger charge is -2.29. The van der Waals surface area contributed by atoms with Crippen LogP contribution in [0.25, 0.3) is 85.9 Å². The summed E-state index contributed by atoms with van der Waals surface area (Å²) in [5.41, 5.74) is 13.7. The monoisotopic (exact) mass is 769 g/mol. The first-order chi connectivity index (χ1) is 29.0. The second kappa shape index (κ2) is 13.0. The molecule has 1 aliphatic carbocycles. The van der Waals surface area contributed by atoms with E-state index in [-0.39, 0.29) is 5.41 Å². The van der Waals surface area contributed by atoms with Crippen LogP contribution in [-0.4, -0.2) is 0 Å². The van der Waals surface area contributed by atoms with E-state index in [0.29, 0.717) is 0 Å². The Kier molecular flexibility index (Phi) is 7.51. The van der Waals surface area contributed by atoms with E-state index in [1.165, 1.54) is 97.0 Å². The highest BCUT2D eigenvalue weighted by atomic mass is 32.1. The molecule has 10 aromatic carbocycles. The number of anilines is 3. The zero-order valence-corrected chi connectivity index (χ0v) is 33.7. The molecule has 0 radical (unpaired) electrons. The molecule has 0 fully saturated rings. The molecule has 0 saturated carbocycles. The molecule has 0 unspecified atom stereocenters. The molecule has 1 heterocycles. The van der Waals surface area contributed by atoms with Crippen LogP contribution in [0.3, 0.4) is 0 Å². The lowest BCUT2D eigenvalue weighted by molar-refractivity contribution is 0.660. The molecular formula is C57H39NS. The number of nitrogens with zero attached hydrogens (tertiary/aromatic N) is 1. The maximum atomic E-state index is 2.46. The Morgan fingerprint density at radius 3 is 1.63 bits per heavy atom. The number of thiophene rings is 1. The van der Waals surface area contributed by atoms with Gasteiger partial charge in [-0.05, 0) is 114 Å². The highest BCUT2D eigenvalue weighted by Gasteiger charge is 2.35. The molecule has 0 N–H and O–H groups in total. The smallest absolute Gasteiger partial charge is 0.0468 e. The van der Waals surface area contributed by atoms with Gasteiger partial charge >= 0.3 is 0 Å². The zero-order chi connectivity index (χ0) is 39.2. The lowest BCUT2D eigenvalue weighted by Crippen LogP contribution is -2.16. The van der Waals surface area contributed by atoms with E-state index in [0.717, 1.165) is 17.1 Å². The summed E-state index contributed by atoms with van der Waals surface area (Å²) in [6.45, 7) is 4.73. The molecule has 59 heavy (non-hydrogen) atoms. The van der Waals surface area contributed by atoms with Crippen LogP contribution >= 0.6 is 11.3 Å². The van der Waals surface area contributed by atoms with Crippen molar-refractivity contribution in [3.63, 3.8) is 0 Å². The summed E-state index contributed by atoms with van der Waals surface area (Å²) in [6, 6.07) is 74.4. The van der Waals surface area contributed by atoms with Crippen LogP contribution in [0.15, 0.2) is 200 Å². The summed E-state index contributed by atoms with van der Waals surface area (Å²) in [5.74, 6) is 0. The molecule has 11 aromatic rings. The summed E-state index contributed by atoms with van der Waals surface area (Å²) in [6.07, 6.45) is 0. The van der Waals surface area contributed by atoms with Crippen molar-refractivity contribution in [3.8, 4) is 33.4 Å². The van der Waals surface area contributed by atoms with Crippen LogP contribution < -0.4 is 4.90 Å². The Morgan fingerprint density at radius 2 is 0.881 bits per heavy atom. The minimum absolute atomic E-state index is 0.116. The molecule has 12 rings (SSSR count). The average Bonchev–Trinajstić information content (AvgIpc) is 3.78. The predicted molar refractivity (Wildman–Crippen MR) is 255 cm³/mol. The third-order valence-corrected chi connectivity index (χ3v) is 14.1. The second-order valence-electron chi connectivity index (χ2n) is 16.4. The van der Waals surface area contributed by atoms with Crippen molar-refractivity contribution in [2.75, 3.05) is 4.90 Å². The SMILES string of the molecule is CC1(C)c2ccccc2-c2ccc(N(c3ccc(-c4ccc5c(sc6ccccc65)c4-c4ccccc4)cc3)c3ccc4c5ccccc5c5ccccc5c4c3)cc21. The van der Waals surface area contributed by atoms with E-state index in [1.807, 2.05) is 11.3 Å². The first kappa shape index (κ1) is 34.1. The van der Waals surface area contributed by atoms with Gasteiger partial charge in [-0.2, -0.15) is 0 Å². The number of hydrogen-bond donors (Lipinski definition) is 0. The highest BCUT2D eigenvalue weighted by Crippen LogP contribution is 2.51. The molecule has 0 bridgehead atoms. The van der Waals surface area contributed by atoms with E-state index in [4.69, 9.17) is 0 Å². The Bertz CT molecular complexity index is 3430. The minimum Gasteiger partial charge on any atom is -0.310 e. The number of benzene rings is 10. The normalized spacial score (nSPS) is 13.1.